The summed E-state index contributed by atoms with van der Waals surface area (Å²) in [6.45, 7) is 5.34. The van der Waals surface area contributed by atoms with Gasteiger partial charge in [0.2, 0.25) is 0 Å². The predicted molar refractivity (Wildman–Crippen MR) is 59.7 cm³/mol. The molecule has 0 aliphatic rings. The van der Waals surface area contributed by atoms with Gasteiger partial charge in [0.15, 0.2) is 0 Å². The third-order valence-corrected chi connectivity index (χ3v) is 2.52. The van der Waals surface area contributed by atoms with Crippen LogP contribution in [0, 0.1) is 0 Å². The van der Waals surface area contributed by atoms with E-state index in [2.05, 4.69) is 29.2 Å². The number of hydrogen-bond acceptors (Lipinski definition) is 3. The van der Waals surface area contributed by atoms with Gasteiger partial charge >= 0.3 is 0 Å². The molecular weight excluding hydrogens is 188 g/mol. The highest BCUT2D eigenvalue weighted by atomic mass is 15.2. The Morgan fingerprint density at radius 3 is 3.13 bits per heavy atom. The molecule has 2 aromatic rings. The van der Waals surface area contributed by atoms with Crippen LogP contribution in [0.4, 0.5) is 0 Å². The summed E-state index contributed by atoms with van der Waals surface area (Å²) in [4.78, 5) is 4.12. The monoisotopic (exact) mass is 204 g/mol. The van der Waals surface area contributed by atoms with Crippen LogP contribution in [0.15, 0.2) is 24.8 Å². The Morgan fingerprint density at radius 2 is 2.33 bits per heavy atom. The van der Waals surface area contributed by atoms with Crippen molar-refractivity contribution >= 4 is 5.52 Å². The van der Waals surface area contributed by atoms with Crippen LogP contribution in [0.2, 0.25) is 0 Å². The summed E-state index contributed by atoms with van der Waals surface area (Å²) in [7, 11) is 0. The molecule has 0 fully saturated rings. The van der Waals surface area contributed by atoms with Crippen LogP contribution in [0.25, 0.3) is 5.52 Å². The van der Waals surface area contributed by atoms with E-state index in [9.17, 15) is 0 Å². The molecule has 0 radical (unpaired) electrons. The second kappa shape index (κ2) is 4.40. The smallest absolute Gasteiger partial charge is 0.0892 e. The molecular formula is C11H16N4. The van der Waals surface area contributed by atoms with Crippen LogP contribution in [0.3, 0.4) is 0 Å². The van der Waals surface area contributed by atoms with Crippen molar-refractivity contribution in [1.29, 1.82) is 0 Å². The normalized spacial score (nSPS) is 13.2. The molecule has 80 valence electrons. The van der Waals surface area contributed by atoms with Crippen molar-refractivity contribution in [1.82, 2.24) is 19.9 Å². The van der Waals surface area contributed by atoms with E-state index in [1.807, 2.05) is 23.1 Å². The van der Waals surface area contributed by atoms with Gasteiger partial charge in [0.05, 0.1) is 17.9 Å². The third kappa shape index (κ3) is 1.99. The first-order valence-corrected chi connectivity index (χ1v) is 5.33. The van der Waals surface area contributed by atoms with Gasteiger partial charge in [-0.2, -0.15) is 5.10 Å². The van der Waals surface area contributed by atoms with Crippen molar-refractivity contribution in [3.8, 4) is 0 Å². The highest BCUT2D eigenvalue weighted by Gasteiger charge is 2.10. The number of hydrogen-bond donors (Lipinski definition) is 1. The Labute approximate surface area is 89.3 Å². The quantitative estimate of drug-likeness (QED) is 0.825. The minimum atomic E-state index is 0.326. The fourth-order valence-corrected chi connectivity index (χ4v) is 1.66. The lowest BCUT2D eigenvalue weighted by molar-refractivity contribution is 0.573. The van der Waals surface area contributed by atoms with Gasteiger partial charge < -0.3 is 5.32 Å². The number of nitrogens with zero attached hydrogens (tertiary/aromatic N) is 3. The van der Waals surface area contributed by atoms with E-state index in [4.69, 9.17) is 0 Å². The highest BCUT2D eigenvalue weighted by molar-refractivity contribution is 5.52. The zero-order valence-corrected chi connectivity index (χ0v) is 9.14. The Hall–Kier alpha value is -1.42. The average molecular weight is 204 g/mol. The van der Waals surface area contributed by atoms with E-state index in [0.717, 1.165) is 18.5 Å². The van der Waals surface area contributed by atoms with Crippen molar-refractivity contribution in [2.24, 2.45) is 0 Å². The zero-order valence-electron chi connectivity index (χ0n) is 9.14. The molecule has 1 unspecified atom stereocenters. The fraction of sp³-hybridized carbons (Fsp3) is 0.455. The van der Waals surface area contributed by atoms with E-state index in [0.29, 0.717) is 6.04 Å². The summed E-state index contributed by atoms with van der Waals surface area (Å²) in [6, 6.07) is 0.326. The van der Waals surface area contributed by atoms with Crippen molar-refractivity contribution in [3.05, 3.63) is 30.4 Å². The highest BCUT2D eigenvalue weighted by Crippen LogP contribution is 2.17. The lowest BCUT2D eigenvalue weighted by atomic mass is 10.1. The Bertz CT molecular complexity index is 435. The van der Waals surface area contributed by atoms with E-state index in [-0.39, 0.29) is 0 Å². The van der Waals surface area contributed by atoms with Crippen LogP contribution in [0.5, 0.6) is 0 Å². The van der Waals surface area contributed by atoms with Crippen LogP contribution < -0.4 is 5.32 Å². The van der Waals surface area contributed by atoms with Gasteiger partial charge in [0.25, 0.3) is 0 Å². The molecule has 1 N–H and O–H groups in total. The average Bonchev–Trinajstić information content (AvgIpc) is 2.69. The standard InChI is InChI=1S/C11H16N4/c1-3-4-13-9(2)10-7-14-15-6-5-12-8-11(10)15/h5-9,13H,3-4H2,1-2H3. The van der Waals surface area contributed by atoms with Gasteiger partial charge in [-0.15, -0.1) is 0 Å². The molecule has 2 rings (SSSR count). The Morgan fingerprint density at radius 1 is 1.47 bits per heavy atom. The van der Waals surface area contributed by atoms with Crippen molar-refractivity contribution in [2.45, 2.75) is 26.3 Å². The van der Waals surface area contributed by atoms with Crippen LogP contribution in [0.1, 0.15) is 31.9 Å². The van der Waals surface area contributed by atoms with Crippen molar-refractivity contribution in [2.75, 3.05) is 6.54 Å². The molecule has 0 saturated carbocycles. The van der Waals surface area contributed by atoms with E-state index in [1.165, 1.54) is 5.56 Å². The van der Waals surface area contributed by atoms with E-state index < -0.39 is 0 Å². The molecule has 4 nitrogen and oxygen atoms in total. The first-order chi connectivity index (χ1) is 7.33. The van der Waals surface area contributed by atoms with Gasteiger partial charge in [-0.05, 0) is 19.9 Å². The lowest BCUT2D eigenvalue weighted by Gasteiger charge is -2.11. The van der Waals surface area contributed by atoms with Crippen LogP contribution >= 0.6 is 0 Å². The topological polar surface area (TPSA) is 42.2 Å². The summed E-state index contributed by atoms with van der Waals surface area (Å²) in [5.41, 5.74) is 2.28. The summed E-state index contributed by atoms with van der Waals surface area (Å²) >= 11 is 0. The van der Waals surface area contributed by atoms with E-state index >= 15 is 0 Å². The second-order valence-electron chi connectivity index (χ2n) is 3.68. The summed E-state index contributed by atoms with van der Waals surface area (Å²) < 4.78 is 1.85. The van der Waals surface area contributed by atoms with Gasteiger partial charge in [-0.25, -0.2) is 4.52 Å². The first kappa shape index (κ1) is 10.1. The molecule has 2 heterocycles. The molecule has 15 heavy (non-hydrogen) atoms. The molecule has 0 saturated heterocycles. The van der Waals surface area contributed by atoms with Crippen LogP contribution in [-0.2, 0) is 0 Å². The zero-order chi connectivity index (χ0) is 10.7. The molecule has 0 aliphatic carbocycles. The summed E-state index contributed by atoms with van der Waals surface area (Å²) in [5, 5.41) is 7.73. The molecule has 1 atom stereocenters. The SMILES string of the molecule is CCCNC(C)c1cnn2ccncc12. The van der Waals surface area contributed by atoms with Crippen molar-refractivity contribution < 1.29 is 0 Å². The maximum Gasteiger partial charge on any atom is 0.0892 e. The van der Waals surface area contributed by atoms with Gasteiger partial charge in [0.1, 0.15) is 0 Å². The number of fused-ring (bicyclic) bond motifs is 1. The van der Waals surface area contributed by atoms with Gasteiger partial charge in [-0.1, -0.05) is 6.92 Å². The van der Waals surface area contributed by atoms with Gasteiger partial charge in [0, 0.05) is 24.0 Å². The molecule has 2 aromatic heterocycles. The third-order valence-electron chi connectivity index (χ3n) is 2.52. The lowest BCUT2D eigenvalue weighted by Crippen LogP contribution is -2.19. The molecule has 0 amide bonds. The molecule has 0 bridgehead atoms. The molecule has 0 aliphatic heterocycles. The number of aromatic nitrogens is 3. The first-order valence-electron chi connectivity index (χ1n) is 5.33. The van der Waals surface area contributed by atoms with Crippen molar-refractivity contribution in [3.63, 3.8) is 0 Å². The Kier molecular flexibility index (Phi) is 2.97. The molecule has 4 heteroatoms. The number of nitrogens with one attached hydrogen (secondary N) is 1. The summed E-state index contributed by atoms with van der Waals surface area (Å²) in [5.74, 6) is 0. The minimum Gasteiger partial charge on any atom is -0.310 e. The minimum absolute atomic E-state index is 0.326. The molecule has 0 spiro atoms. The van der Waals surface area contributed by atoms with Gasteiger partial charge in [-0.3, -0.25) is 4.98 Å². The number of rotatable bonds is 4. The maximum atomic E-state index is 4.28. The maximum absolute atomic E-state index is 4.28. The Balaban J connectivity index is 2.27. The largest absolute Gasteiger partial charge is 0.310 e. The predicted octanol–water partition coefficient (Wildman–Crippen LogP) is 1.79. The summed E-state index contributed by atoms with van der Waals surface area (Å²) in [6.07, 6.45) is 8.51. The molecule has 0 aromatic carbocycles. The fourth-order valence-electron chi connectivity index (χ4n) is 1.66. The van der Waals surface area contributed by atoms with Crippen LogP contribution in [-0.4, -0.2) is 21.1 Å². The van der Waals surface area contributed by atoms with E-state index in [1.54, 1.807) is 6.20 Å². The second-order valence-corrected chi connectivity index (χ2v) is 3.68.